The first-order valence-corrected chi connectivity index (χ1v) is 7.30. The van der Waals surface area contributed by atoms with Gasteiger partial charge in [-0.15, -0.1) is 0 Å². The minimum Gasteiger partial charge on any atom is -0.493 e. The van der Waals surface area contributed by atoms with Crippen molar-refractivity contribution in [2.75, 3.05) is 21.3 Å². The third kappa shape index (κ3) is 2.57. The molecule has 118 valence electrons. The van der Waals surface area contributed by atoms with Gasteiger partial charge in [0.1, 0.15) is 0 Å². The van der Waals surface area contributed by atoms with Crippen LogP contribution in [-0.2, 0) is 9.53 Å². The highest BCUT2D eigenvalue weighted by atomic mass is 16.5. The Labute approximate surface area is 135 Å². The zero-order chi connectivity index (χ0) is 16.4. The van der Waals surface area contributed by atoms with Gasteiger partial charge in [-0.2, -0.15) is 0 Å². The number of ether oxygens (including phenoxy) is 3. The Morgan fingerprint density at radius 2 is 1.61 bits per heavy atom. The quantitative estimate of drug-likeness (QED) is 0.812. The van der Waals surface area contributed by atoms with E-state index in [0.717, 1.165) is 16.7 Å². The van der Waals surface area contributed by atoms with Crippen molar-refractivity contribution < 1.29 is 19.0 Å². The fourth-order valence-corrected chi connectivity index (χ4v) is 3.00. The molecule has 1 atom stereocenters. The van der Waals surface area contributed by atoms with Crippen LogP contribution in [0.2, 0.25) is 0 Å². The summed E-state index contributed by atoms with van der Waals surface area (Å²) < 4.78 is 15.7. The van der Waals surface area contributed by atoms with Crippen LogP contribution in [0.3, 0.4) is 0 Å². The molecule has 0 bridgehead atoms. The molecule has 0 amide bonds. The Kier molecular flexibility index (Phi) is 4.06. The molecule has 0 aliphatic heterocycles. The van der Waals surface area contributed by atoms with Gasteiger partial charge in [-0.05, 0) is 34.9 Å². The van der Waals surface area contributed by atoms with E-state index in [1.54, 1.807) is 14.2 Å². The van der Waals surface area contributed by atoms with E-state index in [-0.39, 0.29) is 11.9 Å². The fraction of sp³-hybridized carbons (Fsp3) is 0.211. The number of fused-ring (bicyclic) bond motifs is 1. The molecule has 0 fully saturated rings. The third-order valence-electron chi connectivity index (χ3n) is 4.08. The second-order valence-corrected chi connectivity index (χ2v) is 5.27. The summed E-state index contributed by atoms with van der Waals surface area (Å²) in [5.41, 5.74) is 3.60. The van der Waals surface area contributed by atoms with Crippen LogP contribution in [0.25, 0.3) is 6.08 Å². The van der Waals surface area contributed by atoms with Crippen LogP contribution in [0.1, 0.15) is 22.6 Å². The number of methoxy groups -OCH3 is 3. The molecule has 0 aromatic heterocycles. The van der Waals surface area contributed by atoms with E-state index in [9.17, 15) is 4.79 Å². The number of carbonyl (C=O) groups excluding carboxylic acids is 1. The van der Waals surface area contributed by atoms with Crippen LogP contribution in [0.4, 0.5) is 0 Å². The smallest absolute Gasteiger partial charge is 0.334 e. The van der Waals surface area contributed by atoms with E-state index in [1.165, 1.54) is 7.11 Å². The van der Waals surface area contributed by atoms with Crippen molar-refractivity contribution in [3.8, 4) is 11.5 Å². The summed E-state index contributed by atoms with van der Waals surface area (Å²) >= 11 is 0. The minimum atomic E-state index is -0.326. The lowest BCUT2D eigenvalue weighted by Gasteiger charge is -2.17. The maximum absolute atomic E-state index is 12.2. The molecule has 1 aliphatic carbocycles. The summed E-state index contributed by atoms with van der Waals surface area (Å²) in [6, 6.07) is 13.7. The summed E-state index contributed by atoms with van der Waals surface area (Å²) in [6.45, 7) is 0. The van der Waals surface area contributed by atoms with Crippen molar-refractivity contribution in [3.05, 3.63) is 64.7 Å². The van der Waals surface area contributed by atoms with E-state index >= 15 is 0 Å². The summed E-state index contributed by atoms with van der Waals surface area (Å²) in [5.74, 6) is 0.790. The zero-order valence-electron chi connectivity index (χ0n) is 13.3. The average molecular weight is 310 g/mol. The average Bonchev–Trinajstić information content (AvgIpc) is 2.98. The lowest BCUT2D eigenvalue weighted by molar-refractivity contribution is -0.136. The fourth-order valence-electron chi connectivity index (χ4n) is 3.00. The Morgan fingerprint density at radius 3 is 2.22 bits per heavy atom. The number of benzene rings is 2. The molecule has 0 N–H and O–H groups in total. The highest BCUT2D eigenvalue weighted by molar-refractivity contribution is 5.99. The first kappa shape index (κ1) is 15.2. The normalized spacial score (nSPS) is 15.6. The molecule has 0 saturated heterocycles. The first-order chi connectivity index (χ1) is 11.2. The zero-order valence-corrected chi connectivity index (χ0v) is 13.3. The maximum atomic E-state index is 12.2. The molecule has 1 unspecified atom stereocenters. The largest absolute Gasteiger partial charge is 0.493 e. The molecule has 4 heteroatoms. The SMILES string of the molecule is COC(=O)C1=Cc2cc(OC)c(OC)cc2C1c1ccccc1. The number of carbonyl (C=O) groups is 1. The summed E-state index contributed by atoms with van der Waals surface area (Å²) in [4.78, 5) is 12.2. The molecule has 0 spiro atoms. The van der Waals surface area contributed by atoms with Gasteiger partial charge in [0.2, 0.25) is 0 Å². The van der Waals surface area contributed by atoms with E-state index in [0.29, 0.717) is 17.1 Å². The van der Waals surface area contributed by atoms with Gasteiger partial charge in [-0.25, -0.2) is 4.79 Å². The standard InChI is InChI=1S/C19H18O4/c1-21-16-10-13-9-15(19(20)23-3)18(12-7-5-4-6-8-12)14(13)11-17(16)22-2/h4-11,18H,1-3H3. The molecule has 0 radical (unpaired) electrons. The number of rotatable bonds is 4. The second kappa shape index (κ2) is 6.16. The van der Waals surface area contributed by atoms with E-state index in [4.69, 9.17) is 14.2 Å². The Morgan fingerprint density at radius 1 is 0.957 bits per heavy atom. The first-order valence-electron chi connectivity index (χ1n) is 7.30. The topological polar surface area (TPSA) is 44.8 Å². The summed E-state index contributed by atoms with van der Waals surface area (Å²) in [5, 5.41) is 0. The van der Waals surface area contributed by atoms with Gasteiger partial charge in [-0.3, -0.25) is 0 Å². The molecule has 4 nitrogen and oxygen atoms in total. The lowest BCUT2D eigenvalue weighted by Crippen LogP contribution is -2.11. The molecular weight excluding hydrogens is 292 g/mol. The summed E-state index contributed by atoms with van der Waals surface area (Å²) in [6.07, 6.45) is 1.86. The van der Waals surface area contributed by atoms with Crippen molar-refractivity contribution in [1.29, 1.82) is 0 Å². The van der Waals surface area contributed by atoms with Crippen molar-refractivity contribution in [2.45, 2.75) is 5.92 Å². The van der Waals surface area contributed by atoms with Crippen molar-refractivity contribution in [3.63, 3.8) is 0 Å². The van der Waals surface area contributed by atoms with Gasteiger partial charge in [-0.1, -0.05) is 30.3 Å². The highest BCUT2D eigenvalue weighted by Crippen LogP contribution is 2.45. The number of hydrogen-bond donors (Lipinski definition) is 0. The van der Waals surface area contributed by atoms with Crippen LogP contribution >= 0.6 is 0 Å². The van der Waals surface area contributed by atoms with Crippen LogP contribution in [-0.4, -0.2) is 27.3 Å². The second-order valence-electron chi connectivity index (χ2n) is 5.27. The van der Waals surface area contributed by atoms with Crippen LogP contribution < -0.4 is 9.47 Å². The van der Waals surface area contributed by atoms with Crippen LogP contribution in [0.5, 0.6) is 11.5 Å². The third-order valence-corrected chi connectivity index (χ3v) is 4.08. The van der Waals surface area contributed by atoms with Crippen molar-refractivity contribution >= 4 is 12.0 Å². The lowest BCUT2D eigenvalue weighted by atomic mass is 9.88. The molecule has 2 aromatic carbocycles. The van der Waals surface area contributed by atoms with Gasteiger partial charge in [0, 0.05) is 11.5 Å². The van der Waals surface area contributed by atoms with Gasteiger partial charge >= 0.3 is 5.97 Å². The van der Waals surface area contributed by atoms with Crippen LogP contribution in [0, 0.1) is 0 Å². The van der Waals surface area contributed by atoms with E-state index < -0.39 is 0 Å². The predicted molar refractivity (Wildman–Crippen MR) is 87.8 cm³/mol. The highest BCUT2D eigenvalue weighted by Gasteiger charge is 2.32. The minimum absolute atomic E-state index is 0.168. The molecule has 2 aromatic rings. The molecule has 1 aliphatic rings. The van der Waals surface area contributed by atoms with Gasteiger partial charge in [0.05, 0.1) is 21.3 Å². The van der Waals surface area contributed by atoms with Crippen molar-refractivity contribution in [2.24, 2.45) is 0 Å². The predicted octanol–water partition coefficient (Wildman–Crippen LogP) is 3.41. The van der Waals surface area contributed by atoms with E-state index in [2.05, 4.69) is 0 Å². The Hall–Kier alpha value is -2.75. The molecular formula is C19H18O4. The van der Waals surface area contributed by atoms with Gasteiger partial charge in [0.15, 0.2) is 11.5 Å². The molecule has 0 saturated carbocycles. The maximum Gasteiger partial charge on any atom is 0.334 e. The molecule has 0 heterocycles. The molecule has 23 heavy (non-hydrogen) atoms. The Bertz CT molecular complexity index is 762. The van der Waals surface area contributed by atoms with Gasteiger partial charge in [0.25, 0.3) is 0 Å². The monoisotopic (exact) mass is 310 g/mol. The Balaban J connectivity index is 2.18. The van der Waals surface area contributed by atoms with E-state index in [1.807, 2.05) is 48.5 Å². The number of esters is 1. The molecule has 3 rings (SSSR count). The number of hydrogen-bond acceptors (Lipinski definition) is 4. The van der Waals surface area contributed by atoms with Crippen molar-refractivity contribution in [1.82, 2.24) is 0 Å². The van der Waals surface area contributed by atoms with Gasteiger partial charge < -0.3 is 14.2 Å². The summed E-state index contributed by atoms with van der Waals surface area (Å²) in [7, 11) is 4.60. The van der Waals surface area contributed by atoms with Crippen LogP contribution in [0.15, 0.2) is 48.0 Å².